The first-order valence-electron chi connectivity index (χ1n) is 28.2. The van der Waals surface area contributed by atoms with Gasteiger partial charge in [-0.05, 0) is 80.6 Å². The van der Waals surface area contributed by atoms with E-state index < -0.39 is 0 Å². The minimum Gasteiger partial charge on any atom is -0.484 e. The Bertz CT molecular complexity index is 2030. The Kier molecular flexibility index (Phi) is 33.1. The molecule has 4 rings (SSSR count). The van der Waals surface area contributed by atoms with Gasteiger partial charge in [-0.25, -0.2) is 9.78 Å². The van der Waals surface area contributed by atoms with Crippen molar-refractivity contribution in [3.63, 3.8) is 0 Å². The van der Waals surface area contributed by atoms with Crippen LogP contribution in [0.3, 0.4) is 0 Å². The number of esters is 2. The number of nitrogens with zero attached hydrogens (tertiary/aromatic N) is 1. The van der Waals surface area contributed by atoms with Gasteiger partial charge in [0, 0.05) is 23.3 Å². The van der Waals surface area contributed by atoms with Crippen molar-refractivity contribution in [1.29, 1.82) is 0 Å². The van der Waals surface area contributed by atoms with E-state index >= 15 is 0 Å². The Hall–Kier alpha value is -4.05. The predicted octanol–water partition coefficient (Wildman–Crippen LogP) is 17.4. The Morgan fingerprint density at radius 3 is 1.65 bits per heavy atom. The molecule has 1 N–H and O–H groups in total. The number of unbranched alkanes of at least 4 members (excludes halogenated alkanes) is 29. The van der Waals surface area contributed by atoms with Crippen molar-refractivity contribution in [3.05, 3.63) is 66.3 Å². The molecule has 72 heavy (non-hydrogen) atoms. The second-order valence-electron chi connectivity index (χ2n) is 19.5. The van der Waals surface area contributed by atoms with Gasteiger partial charge in [0.1, 0.15) is 10.9 Å². The van der Waals surface area contributed by atoms with Gasteiger partial charge in [-0.15, -0.1) is 0 Å². The molecule has 2 unspecified atom stereocenters. The van der Waals surface area contributed by atoms with Gasteiger partial charge in [0.15, 0.2) is 10.2 Å². The number of thiocarbonyl (C=S) groups is 1. The lowest BCUT2D eigenvalue weighted by Gasteiger charge is -2.22. The van der Waals surface area contributed by atoms with Crippen LogP contribution in [0.1, 0.15) is 235 Å². The van der Waals surface area contributed by atoms with Gasteiger partial charge in [-0.2, -0.15) is 0 Å². The SMILES string of the molecule is C=CC(=O)OCCCCCCCCCCCCCCCCCCOc1cc2sc(NC(=O)c3ccc(C#CC(=S)OC4C=CC(C(=O)OCCCCCCCCCCCCCCCCC)CC4)cc3)nc2s1. The van der Waals surface area contributed by atoms with Gasteiger partial charge in [0.25, 0.3) is 5.91 Å². The molecule has 3 aromatic rings. The zero-order valence-corrected chi connectivity index (χ0v) is 46.4. The largest absolute Gasteiger partial charge is 0.484 e. The molecule has 2 heterocycles. The molecular weight excluding hydrogens is 957 g/mol. The lowest BCUT2D eigenvalue weighted by molar-refractivity contribution is -0.147. The van der Waals surface area contributed by atoms with Crippen molar-refractivity contribution in [1.82, 2.24) is 4.98 Å². The average Bonchev–Trinajstić information content (AvgIpc) is 3.95. The lowest BCUT2D eigenvalue weighted by atomic mass is 9.94. The molecule has 0 bridgehead atoms. The summed E-state index contributed by atoms with van der Waals surface area (Å²) in [5.74, 6) is 4.98. The number of hydrogen-bond acceptors (Lipinski definition) is 11. The van der Waals surface area contributed by atoms with E-state index in [1.165, 1.54) is 196 Å². The van der Waals surface area contributed by atoms with Crippen LogP contribution in [-0.2, 0) is 23.8 Å². The van der Waals surface area contributed by atoms with E-state index in [0.717, 1.165) is 46.7 Å². The van der Waals surface area contributed by atoms with Crippen molar-refractivity contribution < 1.29 is 33.3 Å². The van der Waals surface area contributed by atoms with E-state index in [1.54, 1.807) is 24.3 Å². The van der Waals surface area contributed by atoms with Crippen molar-refractivity contribution in [2.75, 3.05) is 25.1 Å². The molecule has 0 radical (unpaired) electrons. The van der Waals surface area contributed by atoms with Crippen LogP contribution < -0.4 is 10.1 Å². The van der Waals surface area contributed by atoms with Crippen molar-refractivity contribution in [2.24, 2.45) is 5.92 Å². The normalized spacial score (nSPS) is 14.1. The Morgan fingerprint density at radius 1 is 0.667 bits per heavy atom. The predicted molar refractivity (Wildman–Crippen MR) is 305 cm³/mol. The number of anilines is 1. The highest BCUT2D eigenvalue weighted by atomic mass is 32.1. The molecule has 398 valence electrons. The first-order chi connectivity index (χ1) is 35.3. The fraction of sp³-hybridized carbons (Fsp3) is 0.650. The summed E-state index contributed by atoms with van der Waals surface area (Å²) in [6.07, 6.45) is 45.8. The first kappa shape index (κ1) is 60.5. The van der Waals surface area contributed by atoms with Crippen molar-refractivity contribution in [3.8, 4) is 16.9 Å². The topological polar surface area (TPSA) is 113 Å². The maximum absolute atomic E-state index is 13.0. The molecule has 1 aliphatic carbocycles. The standard InChI is InChI=1S/C60H88N2O7S3/c1-3-5-6-7-8-9-10-11-14-19-22-25-28-31-34-47-68-59(65)51-40-42-52(43-41-51)69-55(70)44-37-49-35-38-50(39-36-49)57(64)61-60-62-58-53(71-60)48-56(72-58)67-46-33-30-27-24-21-18-16-13-12-15-17-20-23-26-29-32-45-66-54(63)4-2/h4,35-36,38-40,42,48,51-52H,2-3,5-34,41,43,45-47H2,1H3,(H,61,62,64). The number of hydrogen-bond donors (Lipinski definition) is 1. The van der Waals surface area contributed by atoms with Gasteiger partial charge in [0.05, 0.1) is 30.4 Å². The number of aromatic nitrogens is 1. The van der Waals surface area contributed by atoms with Crippen LogP contribution in [0.15, 0.2) is 55.1 Å². The number of fused-ring (bicyclic) bond motifs is 1. The number of thiazole rings is 1. The fourth-order valence-corrected chi connectivity index (χ4v) is 11.1. The molecule has 0 aliphatic heterocycles. The smallest absolute Gasteiger partial charge is 0.330 e. The summed E-state index contributed by atoms with van der Waals surface area (Å²) < 4.78 is 23.6. The number of benzene rings is 1. The maximum atomic E-state index is 13.0. The van der Waals surface area contributed by atoms with Crippen molar-refractivity contribution in [2.45, 2.75) is 225 Å². The molecule has 2 atom stereocenters. The number of rotatable bonds is 41. The summed E-state index contributed by atoms with van der Waals surface area (Å²) >= 11 is 8.37. The van der Waals surface area contributed by atoms with Gasteiger partial charge >= 0.3 is 11.9 Å². The highest BCUT2D eigenvalue weighted by Gasteiger charge is 2.24. The number of carbonyl (C=O) groups excluding carboxylic acids is 3. The zero-order chi connectivity index (χ0) is 51.1. The molecule has 12 heteroatoms. The monoisotopic (exact) mass is 1040 g/mol. The zero-order valence-electron chi connectivity index (χ0n) is 44.0. The highest BCUT2D eigenvalue weighted by molar-refractivity contribution is 7.80. The van der Waals surface area contributed by atoms with Crippen LogP contribution >= 0.6 is 34.9 Å². The van der Waals surface area contributed by atoms with Gasteiger partial charge in [-0.1, -0.05) is 228 Å². The lowest BCUT2D eigenvalue weighted by Crippen LogP contribution is -2.24. The number of nitrogens with one attached hydrogen (secondary N) is 1. The van der Waals surface area contributed by atoms with Gasteiger partial charge < -0.3 is 18.9 Å². The van der Waals surface area contributed by atoms with Gasteiger partial charge in [0.2, 0.25) is 5.05 Å². The number of thiophene rings is 1. The van der Waals surface area contributed by atoms with E-state index in [2.05, 4.69) is 35.6 Å². The second-order valence-corrected chi connectivity index (χ2v) is 21.9. The summed E-state index contributed by atoms with van der Waals surface area (Å²) in [4.78, 5) is 42.2. The molecule has 1 amide bonds. The Labute approximate surface area is 447 Å². The molecule has 0 fully saturated rings. The van der Waals surface area contributed by atoms with Crippen LogP contribution in [0.5, 0.6) is 5.06 Å². The van der Waals surface area contributed by atoms with Crippen LogP contribution in [0.2, 0.25) is 0 Å². The molecule has 0 saturated carbocycles. The summed E-state index contributed by atoms with van der Waals surface area (Å²) in [6.45, 7) is 7.39. The molecule has 1 aliphatic rings. The Morgan fingerprint density at radius 2 is 1.17 bits per heavy atom. The van der Waals surface area contributed by atoms with Crippen molar-refractivity contribution >= 4 is 72.4 Å². The highest BCUT2D eigenvalue weighted by Crippen LogP contribution is 2.37. The van der Waals surface area contributed by atoms with Crippen LogP contribution in [0, 0.1) is 17.8 Å². The van der Waals surface area contributed by atoms with Gasteiger partial charge in [-0.3, -0.25) is 14.9 Å². The van der Waals surface area contributed by atoms with E-state index in [9.17, 15) is 14.4 Å². The van der Waals surface area contributed by atoms with E-state index in [4.69, 9.17) is 31.2 Å². The maximum Gasteiger partial charge on any atom is 0.330 e. The fourth-order valence-electron chi connectivity index (χ4n) is 8.93. The second kappa shape index (κ2) is 39.4. The summed E-state index contributed by atoms with van der Waals surface area (Å²) in [7, 11) is 0. The summed E-state index contributed by atoms with van der Waals surface area (Å²) in [5, 5.41) is 4.55. The third kappa shape index (κ3) is 27.8. The number of ether oxygens (including phenoxy) is 4. The van der Waals surface area contributed by atoms with Crippen LogP contribution in [0.25, 0.3) is 9.53 Å². The third-order valence-corrected chi connectivity index (χ3v) is 15.5. The van der Waals surface area contributed by atoms with Crippen LogP contribution in [-0.4, -0.2) is 53.8 Å². The van der Waals surface area contributed by atoms with E-state index in [-0.39, 0.29) is 34.9 Å². The number of amides is 1. The minimum atomic E-state index is -0.323. The molecule has 2 aromatic heterocycles. The number of carbonyl (C=O) groups is 3. The van der Waals surface area contributed by atoms with E-state index in [1.807, 2.05) is 18.2 Å². The van der Waals surface area contributed by atoms with Crippen LogP contribution in [0.4, 0.5) is 5.13 Å². The third-order valence-electron chi connectivity index (χ3n) is 13.3. The molecule has 9 nitrogen and oxygen atoms in total. The quantitative estimate of drug-likeness (QED) is 0.0148. The molecule has 1 aromatic carbocycles. The Balaban J connectivity index is 0.965. The first-order valence-corrected chi connectivity index (χ1v) is 30.2. The van der Waals surface area contributed by atoms with E-state index in [0.29, 0.717) is 48.9 Å². The minimum absolute atomic E-state index is 0.157. The molecule has 0 spiro atoms. The molecular formula is C60H88N2O7S3. The average molecular weight is 1050 g/mol. The summed E-state index contributed by atoms with van der Waals surface area (Å²) in [6, 6.07) is 9.07. The summed E-state index contributed by atoms with van der Waals surface area (Å²) in [5.41, 5.74) is 1.22. The molecule has 0 saturated heterocycles.